The summed E-state index contributed by atoms with van der Waals surface area (Å²) < 4.78 is 0. The van der Waals surface area contributed by atoms with Gasteiger partial charge in [-0.25, -0.2) is 0 Å². The first-order valence-corrected chi connectivity index (χ1v) is 7.15. The molecule has 2 rings (SSSR count). The Morgan fingerprint density at radius 1 is 0.842 bits per heavy atom. The highest BCUT2D eigenvalue weighted by atomic mass is 14.6. The average Bonchev–Trinajstić information content (AvgIpc) is 2.47. The largest absolute Gasteiger partial charge is 0.327 e. The molecule has 1 heteroatoms. The van der Waals surface area contributed by atoms with E-state index in [1.165, 1.54) is 16.7 Å². The maximum absolute atomic E-state index is 6.22. The molecule has 2 N–H and O–H groups in total. The van der Waals surface area contributed by atoms with E-state index in [2.05, 4.69) is 61.5 Å². The van der Waals surface area contributed by atoms with E-state index in [1.807, 2.05) is 0 Å². The predicted molar refractivity (Wildman–Crippen MR) is 82.3 cm³/mol. The van der Waals surface area contributed by atoms with Crippen LogP contribution in [0.4, 0.5) is 0 Å². The first-order valence-electron chi connectivity index (χ1n) is 7.15. The summed E-state index contributed by atoms with van der Waals surface area (Å²) in [5.41, 5.74) is 10.3. The Labute approximate surface area is 116 Å². The van der Waals surface area contributed by atoms with Gasteiger partial charge < -0.3 is 5.73 Å². The van der Waals surface area contributed by atoms with E-state index in [1.54, 1.807) is 0 Å². The summed E-state index contributed by atoms with van der Waals surface area (Å²) in [6, 6.07) is 19.6. The molecule has 0 radical (unpaired) electrons. The first kappa shape index (κ1) is 13.8. The average molecular weight is 253 g/mol. The minimum absolute atomic E-state index is 0.243. The molecule has 0 heterocycles. The van der Waals surface area contributed by atoms with Crippen molar-refractivity contribution in [1.29, 1.82) is 0 Å². The Hall–Kier alpha value is -1.60. The number of hydrogen-bond donors (Lipinski definition) is 1. The van der Waals surface area contributed by atoms with Crippen LogP contribution in [-0.4, -0.2) is 6.04 Å². The molecular formula is C18H23N. The topological polar surface area (TPSA) is 26.0 Å². The third-order valence-electron chi connectivity index (χ3n) is 3.58. The van der Waals surface area contributed by atoms with Crippen LogP contribution in [0.3, 0.4) is 0 Å². The third-order valence-corrected chi connectivity index (χ3v) is 3.58. The molecule has 100 valence electrons. The SMILES string of the molecule is CCc1ccc(CC(N)CCc2ccccc2)cc1. The van der Waals surface area contributed by atoms with Gasteiger partial charge in [0.1, 0.15) is 0 Å². The molecule has 1 unspecified atom stereocenters. The second-order valence-electron chi connectivity index (χ2n) is 5.16. The Morgan fingerprint density at radius 2 is 1.47 bits per heavy atom. The van der Waals surface area contributed by atoms with Crippen molar-refractivity contribution in [2.75, 3.05) is 0 Å². The van der Waals surface area contributed by atoms with Crippen LogP contribution in [0.1, 0.15) is 30.0 Å². The van der Waals surface area contributed by atoms with Crippen molar-refractivity contribution >= 4 is 0 Å². The molecule has 0 amide bonds. The van der Waals surface area contributed by atoms with Crippen molar-refractivity contribution in [3.05, 3.63) is 71.3 Å². The van der Waals surface area contributed by atoms with E-state index in [0.29, 0.717) is 0 Å². The van der Waals surface area contributed by atoms with E-state index in [9.17, 15) is 0 Å². The van der Waals surface area contributed by atoms with Crippen LogP contribution in [0, 0.1) is 0 Å². The summed E-state index contributed by atoms with van der Waals surface area (Å²) >= 11 is 0. The normalized spacial score (nSPS) is 12.3. The van der Waals surface area contributed by atoms with Gasteiger partial charge in [-0.05, 0) is 42.4 Å². The highest BCUT2D eigenvalue weighted by molar-refractivity contribution is 5.23. The van der Waals surface area contributed by atoms with Crippen LogP contribution in [-0.2, 0) is 19.3 Å². The standard InChI is InChI=1S/C18H23N/c1-2-15-8-10-17(11-9-15)14-18(19)13-12-16-6-4-3-5-7-16/h3-11,18H,2,12-14,19H2,1H3. The van der Waals surface area contributed by atoms with Gasteiger partial charge in [0.15, 0.2) is 0 Å². The van der Waals surface area contributed by atoms with E-state index >= 15 is 0 Å². The molecule has 2 aromatic rings. The fraction of sp³-hybridized carbons (Fsp3) is 0.333. The van der Waals surface area contributed by atoms with Crippen LogP contribution in [0.2, 0.25) is 0 Å². The quantitative estimate of drug-likeness (QED) is 0.833. The number of nitrogens with two attached hydrogens (primary N) is 1. The Kier molecular flexibility index (Phi) is 5.17. The van der Waals surface area contributed by atoms with Gasteiger partial charge >= 0.3 is 0 Å². The fourth-order valence-corrected chi connectivity index (χ4v) is 2.31. The van der Waals surface area contributed by atoms with Crippen LogP contribution in [0.15, 0.2) is 54.6 Å². The van der Waals surface area contributed by atoms with Gasteiger partial charge in [-0.2, -0.15) is 0 Å². The van der Waals surface area contributed by atoms with Crippen molar-refractivity contribution < 1.29 is 0 Å². The van der Waals surface area contributed by atoms with Gasteiger partial charge in [0.05, 0.1) is 0 Å². The molecule has 1 atom stereocenters. The highest BCUT2D eigenvalue weighted by Crippen LogP contribution is 2.10. The Morgan fingerprint density at radius 3 is 2.11 bits per heavy atom. The maximum Gasteiger partial charge on any atom is 0.00824 e. The smallest absolute Gasteiger partial charge is 0.00824 e. The third kappa shape index (κ3) is 4.53. The van der Waals surface area contributed by atoms with Crippen molar-refractivity contribution in [2.24, 2.45) is 5.73 Å². The summed E-state index contributed by atoms with van der Waals surface area (Å²) in [4.78, 5) is 0. The second kappa shape index (κ2) is 7.10. The first-order chi connectivity index (χ1) is 9.28. The number of hydrogen-bond acceptors (Lipinski definition) is 1. The lowest BCUT2D eigenvalue weighted by molar-refractivity contribution is 0.610. The predicted octanol–water partition coefficient (Wildman–Crippen LogP) is 3.75. The Balaban J connectivity index is 1.82. The minimum atomic E-state index is 0.243. The zero-order valence-corrected chi connectivity index (χ0v) is 11.7. The molecule has 0 saturated heterocycles. The molecule has 0 saturated carbocycles. The van der Waals surface area contributed by atoms with Crippen LogP contribution >= 0.6 is 0 Å². The monoisotopic (exact) mass is 253 g/mol. The van der Waals surface area contributed by atoms with Gasteiger partial charge in [-0.15, -0.1) is 0 Å². The van der Waals surface area contributed by atoms with Crippen molar-refractivity contribution in [3.8, 4) is 0 Å². The summed E-state index contributed by atoms with van der Waals surface area (Å²) in [7, 11) is 0. The summed E-state index contributed by atoms with van der Waals surface area (Å²) in [6.07, 6.45) is 4.17. The maximum atomic E-state index is 6.22. The molecule has 0 aliphatic rings. The molecule has 0 bridgehead atoms. The van der Waals surface area contributed by atoms with Crippen molar-refractivity contribution in [3.63, 3.8) is 0 Å². The summed E-state index contributed by atoms with van der Waals surface area (Å²) in [5.74, 6) is 0. The molecule has 1 nitrogen and oxygen atoms in total. The zero-order valence-electron chi connectivity index (χ0n) is 11.7. The number of benzene rings is 2. The van der Waals surface area contributed by atoms with Crippen LogP contribution in [0.5, 0.6) is 0 Å². The molecule has 19 heavy (non-hydrogen) atoms. The van der Waals surface area contributed by atoms with Gasteiger partial charge in [0.2, 0.25) is 0 Å². The van der Waals surface area contributed by atoms with E-state index in [-0.39, 0.29) is 6.04 Å². The summed E-state index contributed by atoms with van der Waals surface area (Å²) in [5, 5.41) is 0. The van der Waals surface area contributed by atoms with Crippen LogP contribution < -0.4 is 5.73 Å². The minimum Gasteiger partial charge on any atom is -0.327 e. The molecular weight excluding hydrogens is 230 g/mol. The molecule has 0 aromatic heterocycles. The van der Waals surface area contributed by atoms with Gasteiger partial charge in [-0.3, -0.25) is 0 Å². The lowest BCUT2D eigenvalue weighted by atomic mass is 9.99. The molecule has 0 aliphatic carbocycles. The van der Waals surface area contributed by atoms with E-state index in [0.717, 1.165) is 25.7 Å². The molecule has 2 aromatic carbocycles. The van der Waals surface area contributed by atoms with E-state index in [4.69, 9.17) is 5.73 Å². The highest BCUT2D eigenvalue weighted by Gasteiger charge is 2.04. The van der Waals surface area contributed by atoms with Crippen molar-refractivity contribution in [2.45, 2.75) is 38.6 Å². The molecule has 0 fully saturated rings. The van der Waals surface area contributed by atoms with Crippen molar-refractivity contribution in [1.82, 2.24) is 0 Å². The van der Waals surface area contributed by atoms with Gasteiger partial charge in [-0.1, -0.05) is 61.5 Å². The van der Waals surface area contributed by atoms with Gasteiger partial charge in [0.25, 0.3) is 0 Å². The van der Waals surface area contributed by atoms with Crippen LogP contribution in [0.25, 0.3) is 0 Å². The lowest BCUT2D eigenvalue weighted by Crippen LogP contribution is -2.23. The lowest BCUT2D eigenvalue weighted by Gasteiger charge is -2.12. The Bertz CT molecular complexity index is 473. The number of aryl methyl sites for hydroxylation is 2. The molecule has 0 spiro atoms. The second-order valence-corrected chi connectivity index (χ2v) is 5.16. The zero-order chi connectivity index (χ0) is 13.5. The van der Waals surface area contributed by atoms with Gasteiger partial charge in [0, 0.05) is 6.04 Å². The summed E-state index contributed by atoms with van der Waals surface area (Å²) in [6.45, 7) is 2.18. The molecule has 0 aliphatic heterocycles. The number of rotatable bonds is 6. The van der Waals surface area contributed by atoms with E-state index < -0.39 is 0 Å². The fourth-order valence-electron chi connectivity index (χ4n) is 2.31.